The van der Waals surface area contributed by atoms with Gasteiger partial charge in [-0.25, -0.2) is 4.39 Å². The minimum absolute atomic E-state index is 0.165. The van der Waals surface area contributed by atoms with Gasteiger partial charge in [-0.2, -0.15) is 0 Å². The van der Waals surface area contributed by atoms with Gasteiger partial charge < -0.3 is 10.1 Å². The van der Waals surface area contributed by atoms with Crippen molar-refractivity contribution in [2.45, 2.75) is 57.7 Å². The normalized spacial score (nSPS) is 25.2. The first-order chi connectivity index (χ1) is 9.19. The van der Waals surface area contributed by atoms with Gasteiger partial charge in [-0.05, 0) is 43.9 Å². The first kappa shape index (κ1) is 14.5. The van der Waals surface area contributed by atoms with Gasteiger partial charge in [-0.1, -0.05) is 25.5 Å². The van der Waals surface area contributed by atoms with Crippen molar-refractivity contribution >= 4 is 0 Å². The van der Waals surface area contributed by atoms with E-state index in [9.17, 15) is 4.39 Å². The topological polar surface area (TPSA) is 21.3 Å². The molecular formula is C16H24FNO. The third-order valence-corrected chi connectivity index (χ3v) is 3.81. The Balaban J connectivity index is 1.89. The molecule has 1 saturated heterocycles. The van der Waals surface area contributed by atoms with Crippen molar-refractivity contribution in [3.8, 4) is 0 Å². The lowest BCUT2D eigenvalue weighted by molar-refractivity contribution is -0.00473. The third kappa shape index (κ3) is 4.29. The fourth-order valence-electron chi connectivity index (χ4n) is 2.78. The number of ether oxygens (including phenoxy) is 1. The van der Waals surface area contributed by atoms with Crippen LogP contribution in [0.25, 0.3) is 0 Å². The molecule has 1 aromatic carbocycles. The van der Waals surface area contributed by atoms with Gasteiger partial charge in [0.25, 0.3) is 0 Å². The number of hydrogen-bond donors (Lipinski definition) is 1. The Morgan fingerprint density at radius 2 is 2.32 bits per heavy atom. The van der Waals surface area contributed by atoms with E-state index in [-0.39, 0.29) is 11.9 Å². The number of nitrogens with one attached hydrogen (secondary N) is 1. The van der Waals surface area contributed by atoms with E-state index in [1.807, 2.05) is 6.07 Å². The van der Waals surface area contributed by atoms with Crippen LogP contribution in [0.4, 0.5) is 4.39 Å². The molecule has 1 N–H and O–H groups in total. The minimum Gasteiger partial charge on any atom is -0.378 e. The van der Waals surface area contributed by atoms with Crippen LogP contribution in [0.3, 0.4) is 0 Å². The van der Waals surface area contributed by atoms with Crippen molar-refractivity contribution in [3.63, 3.8) is 0 Å². The van der Waals surface area contributed by atoms with Gasteiger partial charge in [0.15, 0.2) is 0 Å². The average Bonchev–Trinajstić information content (AvgIpc) is 2.39. The summed E-state index contributed by atoms with van der Waals surface area (Å²) in [5.74, 6) is -0.165. The monoisotopic (exact) mass is 265 g/mol. The first-order valence-corrected chi connectivity index (χ1v) is 7.32. The van der Waals surface area contributed by atoms with Crippen LogP contribution in [0.15, 0.2) is 24.3 Å². The van der Waals surface area contributed by atoms with E-state index in [2.05, 4.69) is 19.2 Å². The van der Waals surface area contributed by atoms with Crippen LogP contribution >= 0.6 is 0 Å². The molecule has 0 radical (unpaired) electrons. The van der Waals surface area contributed by atoms with Crippen LogP contribution in [0.1, 0.15) is 51.1 Å². The average molecular weight is 265 g/mol. The second-order valence-corrected chi connectivity index (χ2v) is 5.45. The Kier molecular flexibility index (Phi) is 5.34. The summed E-state index contributed by atoms with van der Waals surface area (Å²) >= 11 is 0. The van der Waals surface area contributed by atoms with Crippen LogP contribution < -0.4 is 5.32 Å². The van der Waals surface area contributed by atoms with E-state index in [4.69, 9.17) is 4.74 Å². The summed E-state index contributed by atoms with van der Waals surface area (Å²) in [6, 6.07) is 7.50. The van der Waals surface area contributed by atoms with E-state index in [0.29, 0.717) is 12.1 Å². The lowest BCUT2D eigenvalue weighted by Crippen LogP contribution is -2.40. The zero-order valence-corrected chi connectivity index (χ0v) is 11.9. The number of halogens is 1. The maximum Gasteiger partial charge on any atom is 0.123 e. The van der Waals surface area contributed by atoms with Gasteiger partial charge in [-0.15, -0.1) is 0 Å². The Labute approximate surface area is 115 Å². The molecular weight excluding hydrogens is 241 g/mol. The highest BCUT2D eigenvalue weighted by molar-refractivity contribution is 5.19. The largest absolute Gasteiger partial charge is 0.378 e. The van der Waals surface area contributed by atoms with Gasteiger partial charge in [0.2, 0.25) is 0 Å². The fraction of sp³-hybridized carbons (Fsp3) is 0.625. The maximum absolute atomic E-state index is 13.2. The summed E-state index contributed by atoms with van der Waals surface area (Å²) < 4.78 is 19.0. The molecule has 0 spiro atoms. The molecule has 1 aliphatic rings. The van der Waals surface area contributed by atoms with Gasteiger partial charge in [0.1, 0.15) is 5.82 Å². The number of hydrogen-bond acceptors (Lipinski definition) is 2. The Bertz CT molecular complexity index is 394. The van der Waals surface area contributed by atoms with Crippen molar-refractivity contribution < 1.29 is 9.13 Å². The van der Waals surface area contributed by atoms with E-state index < -0.39 is 0 Å². The summed E-state index contributed by atoms with van der Waals surface area (Å²) in [5, 5.41) is 3.60. The van der Waals surface area contributed by atoms with Crippen LogP contribution in [-0.4, -0.2) is 18.8 Å². The third-order valence-electron chi connectivity index (χ3n) is 3.81. The molecule has 19 heavy (non-hydrogen) atoms. The van der Waals surface area contributed by atoms with E-state index in [1.165, 1.54) is 6.07 Å². The molecule has 0 saturated carbocycles. The van der Waals surface area contributed by atoms with Gasteiger partial charge in [0, 0.05) is 18.7 Å². The van der Waals surface area contributed by atoms with Crippen molar-refractivity contribution in [1.82, 2.24) is 5.32 Å². The molecule has 0 amide bonds. The molecule has 1 fully saturated rings. The Morgan fingerprint density at radius 1 is 1.47 bits per heavy atom. The Morgan fingerprint density at radius 3 is 3.05 bits per heavy atom. The predicted octanol–water partition coefficient (Wildman–Crippen LogP) is 3.82. The summed E-state index contributed by atoms with van der Waals surface area (Å²) in [7, 11) is 0. The summed E-state index contributed by atoms with van der Waals surface area (Å²) in [5.41, 5.74) is 1.01. The van der Waals surface area contributed by atoms with Gasteiger partial charge in [-0.3, -0.25) is 0 Å². The molecule has 1 aromatic rings. The van der Waals surface area contributed by atoms with E-state index in [0.717, 1.165) is 37.9 Å². The molecule has 2 rings (SSSR count). The standard InChI is InChI=1S/C16H24FNO/c1-3-5-16-11-15(8-9-19-16)18-12(2)13-6-4-7-14(17)10-13/h4,6-7,10,12,15-16,18H,3,5,8-9,11H2,1-2H3/t12-,15?,16?/m1/s1. The molecule has 106 valence electrons. The molecule has 3 atom stereocenters. The van der Waals surface area contributed by atoms with Gasteiger partial charge >= 0.3 is 0 Å². The second kappa shape index (κ2) is 7.01. The molecule has 3 heteroatoms. The fourth-order valence-corrected chi connectivity index (χ4v) is 2.78. The highest BCUT2D eigenvalue weighted by Crippen LogP contribution is 2.21. The number of benzene rings is 1. The van der Waals surface area contributed by atoms with Crippen molar-refractivity contribution in [2.24, 2.45) is 0 Å². The van der Waals surface area contributed by atoms with Crippen molar-refractivity contribution in [3.05, 3.63) is 35.6 Å². The summed E-state index contributed by atoms with van der Waals surface area (Å²) in [6.45, 7) is 5.12. The zero-order chi connectivity index (χ0) is 13.7. The van der Waals surface area contributed by atoms with Crippen LogP contribution in [0.2, 0.25) is 0 Å². The van der Waals surface area contributed by atoms with E-state index >= 15 is 0 Å². The van der Waals surface area contributed by atoms with Crippen LogP contribution in [0.5, 0.6) is 0 Å². The lowest BCUT2D eigenvalue weighted by Gasteiger charge is -2.32. The molecule has 0 bridgehead atoms. The van der Waals surface area contributed by atoms with Crippen molar-refractivity contribution in [2.75, 3.05) is 6.61 Å². The molecule has 1 aliphatic heterocycles. The van der Waals surface area contributed by atoms with Crippen LogP contribution in [0, 0.1) is 5.82 Å². The Hall–Kier alpha value is -0.930. The maximum atomic E-state index is 13.2. The SMILES string of the molecule is CCCC1CC(N[C@H](C)c2cccc(F)c2)CCO1. The van der Waals surface area contributed by atoms with Gasteiger partial charge in [0.05, 0.1) is 6.10 Å². The highest BCUT2D eigenvalue weighted by atomic mass is 19.1. The van der Waals surface area contributed by atoms with Crippen molar-refractivity contribution in [1.29, 1.82) is 0 Å². The second-order valence-electron chi connectivity index (χ2n) is 5.45. The predicted molar refractivity (Wildman–Crippen MR) is 75.6 cm³/mol. The highest BCUT2D eigenvalue weighted by Gasteiger charge is 2.23. The lowest BCUT2D eigenvalue weighted by atomic mass is 9.98. The zero-order valence-electron chi connectivity index (χ0n) is 11.9. The quantitative estimate of drug-likeness (QED) is 0.873. The smallest absolute Gasteiger partial charge is 0.123 e. The number of rotatable bonds is 5. The van der Waals surface area contributed by atoms with E-state index in [1.54, 1.807) is 12.1 Å². The molecule has 2 unspecified atom stereocenters. The summed E-state index contributed by atoms with van der Waals surface area (Å²) in [4.78, 5) is 0. The molecule has 2 nitrogen and oxygen atoms in total. The molecule has 0 aliphatic carbocycles. The molecule has 0 aromatic heterocycles. The van der Waals surface area contributed by atoms with Crippen LogP contribution in [-0.2, 0) is 4.74 Å². The summed E-state index contributed by atoms with van der Waals surface area (Å²) in [6.07, 6.45) is 4.78. The molecule has 1 heterocycles. The first-order valence-electron chi connectivity index (χ1n) is 7.32. The minimum atomic E-state index is -0.165.